The van der Waals surface area contributed by atoms with Gasteiger partial charge >= 0.3 is 0 Å². The van der Waals surface area contributed by atoms with E-state index in [2.05, 4.69) is 15.3 Å². The third-order valence-electron chi connectivity index (χ3n) is 3.35. The molecule has 2 heterocycles. The summed E-state index contributed by atoms with van der Waals surface area (Å²) in [6, 6.07) is 9.26. The lowest BCUT2D eigenvalue weighted by molar-refractivity contribution is -0.121. The lowest BCUT2D eigenvalue weighted by Crippen LogP contribution is -2.31. The fraction of sp³-hybridized carbons (Fsp3) is 0.214. The smallest absolute Gasteiger partial charge is 0.247 e. The van der Waals surface area contributed by atoms with Gasteiger partial charge in [-0.15, -0.1) is 0 Å². The van der Waals surface area contributed by atoms with E-state index in [1.54, 1.807) is 0 Å². The Morgan fingerprint density at radius 2 is 2.05 bits per heavy atom. The van der Waals surface area contributed by atoms with E-state index in [1.165, 1.54) is 6.33 Å². The van der Waals surface area contributed by atoms with Crippen molar-refractivity contribution in [3.63, 3.8) is 0 Å². The summed E-state index contributed by atoms with van der Waals surface area (Å²) in [5, 5.41) is 3.20. The van der Waals surface area contributed by atoms with Crippen molar-refractivity contribution in [2.75, 3.05) is 12.4 Å². The molecule has 1 aromatic heterocycles. The highest BCUT2D eigenvalue weighted by molar-refractivity contribution is 6.30. The number of rotatable bonds is 1. The Hall–Kier alpha value is -1.98. The number of nitrogens with zero attached hydrogens (tertiary/aromatic N) is 3. The van der Waals surface area contributed by atoms with E-state index >= 15 is 0 Å². The fourth-order valence-electron chi connectivity index (χ4n) is 2.41. The average Bonchev–Trinajstić information content (AvgIpc) is 2.56. The summed E-state index contributed by atoms with van der Waals surface area (Å²) in [7, 11) is 1.88. The maximum Gasteiger partial charge on any atom is 0.247 e. The monoisotopic (exact) mass is 288 g/mol. The first-order valence-electron chi connectivity index (χ1n) is 6.22. The molecular weight excluding hydrogens is 276 g/mol. The topological polar surface area (TPSA) is 58.1 Å². The molecule has 0 fully saturated rings. The molecule has 6 heteroatoms. The highest BCUT2D eigenvalue weighted by Crippen LogP contribution is 2.30. The van der Waals surface area contributed by atoms with Crippen LogP contribution in [-0.4, -0.2) is 27.8 Å². The molecule has 2 aromatic rings. The van der Waals surface area contributed by atoms with Crippen molar-refractivity contribution in [3.05, 3.63) is 52.9 Å². The molecule has 0 spiro atoms. The van der Waals surface area contributed by atoms with Crippen LogP contribution >= 0.6 is 11.6 Å². The number of anilines is 1. The van der Waals surface area contributed by atoms with E-state index in [1.807, 2.05) is 42.3 Å². The van der Waals surface area contributed by atoms with E-state index in [-0.39, 0.29) is 11.9 Å². The van der Waals surface area contributed by atoms with E-state index in [0.29, 0.717) is 17.5 Å². The number of hydrogen-bond acceptors (Lipinski definition) is 4. The van der Waals surface area contributed by atoms with Crippen molar-refractivity contribution < 1.29 is 4.79 Å². The van der Waals surface area contributed by atoms with Crippen LogP contribution in [0.1, 0.15) is 17.2 Å². The van der Waals surface area contributed by atoms with Crippen molar-refractivity contribution in [3.8, 4) is 0 Å². The van der Waals surface area contributed by atoms with Gasteiger partial charge in [-0.1, -0.05) is 41.9 Å². The molecule has 1 atom stereocenters. The lowest BCUT2D eigenvalue weighted by Gasteiger charge is -2.24. The van der Waals surface area contributed by atoms with Gasteiger partial charge in [0.2, 0.25) is 5.91 Å². The minimum Gasteiger partial charge on any atom is -0.309 e. The molecule has 0 saturated heterocycles. The van der Waals surface area contributed by atoms with Crippen molar-refractivity contribution in [2.24, 2.45) is 0 Å². The summed E-state index contributed by atoms with van der Waals surface area (Å²) in [6.45, 7) is 0.507. The molecule has 5 nitrogen and oxygen atoms in total. The number of amides is 1. The second-order valence-electron chi connectivity index (χ2n) is 4.71. The van der Waals surface area contributed by atoms with Crippen LogP contribution in [0.15, 0.2) is 36.7 Å². The molecule has 1 aromatic carbocycles. The Morgan fingerprint density at radius 1 is 1.30 bits per heavy atom. The number of carbonyl (C=O) groups is 1. The van der Waals surface area contributed by atoms with E-state index in [9.17, 15) is 4.79 Å². The van der Waals surface area contributed by atoms with Crippen LogP contribution in [0.5, 0.6) is 0 Å². The zero-order chi connectivity index (χ0) is 14.1. The van der Waals surface area contributed by atoms with E-state index in [0.717, 1.165) is 11.1 Å². The lowest BCUT2D eigenvalue weighted by atomic mass is 10.1. The Bertz CT molecular complexity index is 647. The summed E-state index contributed by atoms with van der Waals surface area (Å²) in [6.07, 6.45) is 1.35. The standard InChI is InChI=1S/C14H13ClN4O/c1-19-7-10-12(15)16-8-17-13(10)18-14(20)11(19)9-5-3-2-4-6-9/h2-6,8,11H,7H2,1H3,(H,16,17,18,20). The highest BCUT2D eigenvalue weighted by Gasteiger charge is 2.30. The van der Waals surface area contributed by atoms with Crippen molar-refractivity contribution in [1.82, 2.24) is 14.9 Å². The van der Waals surface area contributed by atoms with Crippen LogP contribution in [0.25, 0.3) is 0 Å². The number of benzene rings is 1. The molecule has 0 radical (unpaired) electrons. The number of nitrogens with one attached hydrogen (secondary N) is 1. The van der Waals surface area contributed by atoms with Crippen LogP contribution in [0.3, 0.4) is 0 Å². The molecule has 3 rings (SSSR count). The quantitative estimate of drug-likeness (QED) is 0.818. The first kappa shape index (κ1) is 13.0. The second kappa shape index (κ2) is 5.19. The van der Waals surface area contributed by atoms with Crippen LogP contribution in [0.2, 0.25) is 5.15 Å². The van der Waals surface area contributed by atoms with Crippen molar-refractivity contribution >= 4 is 23.3 Å². The van der Waals surface area contributed by atoms with Gasteiger partial charge in [-0.05, 0) is 12.6 Å². The predicted octanol–water partition coefficient (Wildman–Crippen LogP) is 2.26. The zero-order valence-corrected chi connectivity index (χ0v) is 11.6. The van der Waals surface area contributed by atoms with Crippen LogP contribution < -0.4 is 5.32 Å². The first-order valence-corrected chi connectivity index (χ1v) is 6.60. The van der Waals surface area contributed by atoms with Crippen LogP contribution in [-0.2, 0) is 11.3 Å². The fourth-order valence-corrected chi connectivity index (χ4v) is 2.60. The van der Waals surface area contributed by atoms with Crippen LogP contribution in [0, 0.1) is 0 Å². The van der Waals surface area contributed by atoms with Gasteiger partial charge in [0.25, 0.3) is 0 Å². The minimum atomic E-state index is -0.374. The molecule has 0 bridgehead atoms. The number of aromatic nitrogens is 2. The summed E-state index contributed by atoms with van der Waals surface area (Å²) >= 11 is 6.09. The maximum atomic E-state index is 12.4. The number of carbonyl (C=O) groups excluding carboxylic acids is 1. The zero-order valence-electron chi connectivity index (χ0n) is 10.9. The Kier molecular flexibility index (Phi) is 3.38. The summed E-state index contributed by atoms with van der Waals surface area (Å²) in [5.74, 6) is 0.368. The Labute approximate surface area is 121 Å². The number of fused-ring (bicyclic) bond motifs is 1. The third kappa shape index (κ3) is 2.26. The molecular formula is C14H13ClN4O. The van der Waals surface area contributed by atoms with Gasteiger partial charge in [0.1, 0.15) is 23.3 Å². The van der Waals surface area contributed by atoms with Gasteiger partial charge in [-0.25, -0.2) is 9.97 Å². The second-order valence-corrected chi connectivity index (χ2v) is 5.07. The molecule has 20 heavy (non-hydrogen) atoms. The largest absolute Gasteiger partial charge is 0.309 e. The summed E-state index contributed by atoms with van der Waals surface area (Å²) < 4.78 is 0. The average molecular weight is 289 g/mol. The Morgan fingerprint density at radius 3 is 2.80 bits per heavy atom. The van der Waals surface area contributed by atoms with Crippen LogP contribution in [0.4, 0.5) is 5.82 Å². The molecule has 0 saturated carbocycles. The molecule has 1 N–H and O–H groups in total. The SMILES string of the molecule is CN1Cc2c(Cl)ncnc2NC(=O)C1c1ccccc1. The summed E-state index contributed by atoms with van der Waals surface area (Å²) in [4.78, 5) is 22.4. The Balaban J connectivity index is 2.02. The minimum absolute atomic E-state index is 0.118. The molecule has 1 unspecified atom stereocenters. The van der Waals surface area contributed by atoms with E-state index < -0.39 is 0 Å². The van der Waals surface area contributed by atoms with Gasteiger partial charge < -0.3 is 5.32 Å². The van der Waals surface area contributed by atoms with Gasteiger partial charge in [-0.2, -0.15) is 0 Å². The summed E-state index contributed by atoms with van der Waals surface area (Å²) in [5.41, 5.74) is 1.67. The number of likely N-dealkylation sites (N-methyl/N-ethyl adjacent to an activating group) is 1. The van der Waals surface area contributed by atoms with Gasteiger partial charge in [0.15, 0.2) is 0 Å². The number of hydrogen-bond donors (Lipinski definition) is 1. The maximum absolute atomic E-state index is 12.4. The van der Waals surface area contributed by atoms with Crippen molar-refractivity contribution in [1.29, 1.82) is 0 Å². The number of halogens is 1. The van der Waals surface area contributed by atoms with Gasteiger partial charge in [0.05, 0.1) is 0 Å². The normalized spacial score (nSPS) is 19.1. The molecule has 1 aliphatic heterocycles. The van der Waals surface area contributed by atoms with Gasteiger partial charge in [0, 0.05) is 12.1 Å². The highest BCUT2D eigenvalue weighted by atomic mass is 35.5. The molecule has 1 aliphatic rings. The van der Waals surface area contributed by atoms with E-state index in [4.69, 9.17) is 11.6 Å². The first-order chi connectivity index (χ1) is 9.66. The molecule has 102 valence electrons. The molecule has 1 amide bonds. The van der Waals surface area contributed by atoms with Crippen molar-refractivity contribution in [2.45, 2.75) is 12.6 Å². The third-order valence-corrected chi connectivity index (χ3v) is 3.67. The molecule has 0 aliphatic carbocycles. The van der Waals surface area contributed by atoms with Gasteiger partial charge in [-0.3, -0.25) is 9.69 Å². The predicted molar refractivity (Wildman–Crippen MR) is 76.3 cm³/mol.